The minimum atomic E-state index is -0.00881. The maximum atomic E-state index is 8.96. The SMILES string of the molecule is NC(CCCNC1(CO)CC1)=NO. The maximum absolute atomic E-state index is 8.96. The molecule has 1 aliphatic rings. The summed E-state index contributed by atoms with van der Waals surface area (Å²) in [6, 6.07) is 0. The van der Waals surface area contributed by atoms with Gasteiger partial charge in [0.1, 0.15) is 5.84 Å². The lowest BCUT2D eigenvalue weighted by atomic mass is 10.2. The van der Waals surface area contributed by atoms with E-state index in [4.69, 9.17) is 16.0 Å². The number of hydrogen-bond donors (Lipinski definition) is 4. The fourth-order valence-corrected chi connectivity index (χ4v) is 1.21. The Kier molecular flexibility index (Phi) is 3.50. The van der Waals surface area contributed by atoms with Gasteiger partial charge in [0.25, 0.3) is 0 Å². The third-order valence-corrected chi connectivity index (χ3v) is 2.39. The van der Waals surface area contributed by atoms with Crippen molar-refractivity contribution in [3.63, 3.8) is 0 Å². The largest absolute Gasteiger partial charge is 0.409 e. The summed E-state index contributed by atoms with van der Waals surface area (Å²) < 4.78 is 0. The smallest absolute Gasteiger partial charge is 0.139 e. The number of amidine groups is 1. The first-order valence-corrected chi connectivity index (χ1v) is 4.55. The van der Waals surface area contributed by atoms with Gasteiger partial charge >= 0.3 is 0 Å². The summed E-state index contributed by atoms with van der Waals surface area (Å²) in [5, 5.41) is 23.3. The molecule has 5 nitrogen and oxygen atoms in total. The van der Waals surface area contributed by atoms with Crippen LogP contribution in [-0.2, 0) is 0 Å². The van der Waals surface area contributed by atoms with Gasteiger partial charge in [-0.25, -0.2) is 0 Å². The van der Waals surface area contributed by atoms with Gasteiger partial charge in [-0.05, 0) is 25.8 Å². The molecule has 5 N–H and O–H groups in total. The Morgan fingerprint density at radius 1 is 1.54 bits per heavy atom. The molecule has 1 rings (SSSR count). The van der Waals surface area contributed by atoms with Crippen LogP contribution in [0.4, 0.5) is 0 Å². The van der Waals surface area contributed by atoms with E-state index in [0.29, 0.717) is 6.42 Å². The molecule has 0 atom stereocenters. The van der Waals surface area contributed by atoms with Crippen LogP contribution in [0.2, 0.25) is 0 Å². The van der Waals surface area contributed by atoms with Gasteiger partial charge in [-0.2, -0.15) is 0 Å². The third-order valence-electron chi connectivity index (χ3n) is 2.39. The molecule has 1 aliphatic carbocycles. The molecule has 0 bridgehead atoms. The van der Waals surface area contributed by atoms with Crippen LogP contribution in [0.3, 0.4) is 0 Å². The molecule has 0 saturated heterocycles. The summed E-state index contributed by atoms with van der Waals surface area (Å²) in [5.74, 6) is 0.260. The Labute approximate surface area is 77.6 Å². The van der Waals surface area contributed by atoms with Crippen LogP contribution in [-0.4, -0.2) is 34.8 Å². The molecular weight excluding hydrogens is 170 g/mol. The van der Waals surface area contributed by atoms with Gasteiger partial charge in [0.2, 0.25) is 0 Å². The van der Waals surface area contributed by atoms with E-state index < -0.39 is 0 Å². The molecule has 13 heavy (non-hydrogen) atoms. The van der Waals surface area contributed by atoms with Gasteiger partial charge in [0.05, 0.1) is 6.61 Å². The number of rotatable bonds is 6. The minimum Gasteiger partial charge on any atom is -0.409 e. The molecule has 0 spiro atoms. The van der Waals surface area contributed by atoms with Crippen LogP contribution >= 0.6 is 0 Å². The summed E-state index contributed by atoms with van der Waals surface area (Å²) in [6.45, 7) is 1.01. The first kappa shape index (κ1) is 10.3. The average Bonchev–Trinajstić information content (AvgIpc) is 2.93. The number of aliphatic hydroxyl groups is 1. The maximum Gasteiger partial charge on any atom is 0.139 e. The van der Waals surface area contributed by atoms with Crippen molar-refractivity contribution < 1.29 is 10.3 Å². The second-order valence-corrected chi connectivity index (χ2v) is 3.56. The zero-order chi connectivity index (χ0) is 9.73. The number of nitrogens with two attached hydrogens (primary N) is 1. The molecule has 1 saturated carbocycles. The fourth-order valence-electron chi connectivity index (χ4n) is 1.21. The first-order valence-electron chi connectivity index (χ1n) is 4.55. The molecule has 0 heterocycles. The zero-order valence-electron chi connectivity index (χ0n) is 7.66. The van der Waals surface area contributed by atoms with Crippen molar-refractivity contribution in [2.24, 2.45) is 10.9 Å². The molecule has 0 aliphatic heterocycles. The van der Waals surface area contributed by atoms with Crippen molar-refractivity contribution in [2.45, 2.75) is 31.2 Å². The standard InChI is InChI=1S/C8H17N3O2/c9-7(11-13)2-1-5-10-8(6-12)3-4-8/h10,12-13H,1-6H2,(H2,9,11). The number of nitrogens with one attached hydrogen (secondary N) is 1. The van der Waals surface area contributed by atoms with E-state index in [1.807, 2.05) is 0 Å². The topological polar surface area (TPSA) is 90.9 Å². The second kappa shape index (κ2) is 4.43. The lowest BCUT2D eigenvalue weighted by Crippen LogP contribution is -2.35. The highest BCUT2D eigenvalue weighted by Crippen LogP contribution is 2.34. The van der Waals surface area contributed by atoms with Gasteiger partial charge in [0.15, 0.2) is 0 Å². The van der Waals surface area contributed by atoms with Crippen molar-refractivity contribution in [3.05, 3.63) is 0 Å². The number of hydrogen-bond acceptors (Lipinski definition) is 4. The van der Waals surface area contributed by atoms with Crippen molar-refractivity contribution in [1.29, 1.82) is 0 Å². The molecule has 0 aromatic carbocycles. The van der Waals surface area contributed by atoms with Gasteiger partial charge in [0, 0.05) is 12.0 Å². The van der Waals surface area contributed by atoms with Gasteiger partial charge in [-0.3, -0.25) is 0 Å². The minimum absolute atomic E-state index is 0.00881. The summed E-state index contributed by atoms with van der Waals surface area (Å²) in [5.41, 5.74) is 5.28. The van der Waals surface area contributed by atoms with Crippen LogP contribution in [0.15, 0.2) is 5.16 Å². The third kappa shape index (κ3) is 3.20. The Hall–Kier alpha value is -0.810. The molecule has 5 heteroatoms. The lowest BCUT2D eigenvalue weighted by molar-refractivity contribution is 0.230. The van der Waals surface area contributed by atoms with Gasteiger partial charge in [-0.15, -0.1) is 0 Å². The first-order chi connectivity index (χ1) is 6.22. The van der Waals surface area contributed by atoms with Crippen LogP contribution < -0.4 is 11.1 Å². The van der Waals surface area contributed by atoms with Crippen molar-refractivity contribution >= 4 is 5.84 Å². The predicted octanol–water partition coefficient (Wildman–Crippen LogP) is -0.372. The monoisotopic (exact) mass is 187 g/mol. The van der Waals surface area contributed by atoms with E-state index in [9.17, 15) is 0 Å². The zero-order valence-corrected chi connectivity index (χ0v) is 7.66. The number of aliphatic hydroxyl groups excluding tert-OH is 1. The molecule has 0 radical (unpaired) electrons. The fraction of sp³-hybridized carbons (Fsp3) is 0.875. The Bertz CT molecular complexity index is 190. The van der Waals surface area contributed by atoms with Crippen LogP contribution in [0.25, 0.3) is 0 Å². The van der Waals surface area contributed by atoms with Gasteiger partial charge in [-0.1, -0.05) is 5.16 Å². The Morgan fingerprint density at radius 3 is 2.69 bits per heavy atom. The van der Waals surface area contributed by atoms with E-state index in [-0.39, 0.29) is 18.0 Å². The summed E-state index contributed by atoms with van der Waals surface area (Å²) in [4.78, 5) is 0. The molecular formula is C8H17N3O2. The van der Waals surface area contributed by atoms with Crippen molar-refractivity contribution in [3.8, 4) is 0 Å². The van der Waals surface area contributed by atoms with E-state index in [1.54, 1.807) is 0 Å². The molecule has 0 unspecified atom stereocenters. The molecule has 1 fully saturated rings. The van der Waals surface area contributed by atoms with Gasteiger partial charge < -0.3 is 21.4 Å². The molecule has 0 aromatic rings. The molecule has 0 aromatic heterocycles. The summed E-state index contributed by atoms with van der Waals surface area (Å²) in [6.07, 6.45) is 3.52. The van der Waals surface area contributed by atoms with Crippen molar-refractivity contribution in [1.82, 2.24) is 5.32 Å². The summed E-state index contributed by atoms with van der Waals surface area (Å²) in [7, 11) is 0. The van der Waals surface area contributed by atoms with E-state index in [1.165, 1.54) is 0 Å². The number of oxime groups is 1. The van der Waals surface area contributed by atoms with E-state index in [0.717, 1.165) is 25.8 Å². The molecule has 0 amide bonds. The average molecular weight is 187 g/mol. The second-order valence-electron chi connectivity index (χ2n) is 3.56. The van der Waals surface area contributed by atoms with Crippen LogP contribution in [0.1, 0.15) is 25.7 Å². The predicted molar refractivity (Wildman–Crippen MR) is 49.7 cm³/mol. The summed E-state index contributed by atoms with van der Waals surface area (Å²) >= 11 is 0. The van der Waals surface area contributed by atoms with Crippen molar-refractivity contribution in [2.75, 3.05) is 13.2 Å². The highest BCUT2D eigenvalue weighted by Gasteiger charge is 2.40. The van der Waals surface area contributed by atoms with Crippen LogP contribution in [0, 0.1) is 0 Å². The highest BCUT2D eigenvalue weighted by atomic mass is 16.4. The lowest BCUT2D eigenvalue weighted by Gasteiger charge is -2.13. The highest BCUT2D eigenvalue weighted by molar-refractivity contribution is 5.79. The quantitative estimate of drug-likeness (QED) is 0.150. The number of nitrogens with zero attached hydrogens (tertiary/aromatic N) is 1. The molecule has 76 valence electrons. The Balaban J connectivity index is 2.01. The van der Waals surface area contributed by atoms with Crippen LogP contribution in [0.5, 0.6) is 0 Å². The van der Waals surface area contributed by atoms with E-state index in [2.05, 4.69) is 10.5 Å². The van der Waals surface area contributed by atoms with E-state index >= 15 is 0 Å². The Morgan fingerprint density at radius 2 is 2.23 bits per heavy atom. The normalized spacial score (nSPS) is 20.2.